The highest BCUT2D eigenvalue weighted by Crippen LogP contribution is 2.29. The van der Waals surface area contributed by atoms with E-state index in [1.54, 1.807) is 6.07 Å². The quantitative estimate of drug-likeness (QED) is 0.628. The molecule has 2 rings (SSSR count). The molecule has 0 aliphatic heterocycles. The molecule has 6 nitrogen and oxygen atoms in total. The number of amides is 1. The second-order valence-electron chi connectivity index (χ2n) is 6.17. The van der Waals surface area contributed by atoms with E-state index in [0.717, 1.165) is 0 Å². The molecule has 1 N–H and O–H groups in total. The monoisotopic (exact) mass is 344 g/mol. The number of anilines is 1. The van der Waals surface area contributed by atoms with Crippen LogP contribution in [0.1, 0.15) is 43.5 Å². The number of nitrogens with one attached hydrogen (secondary N) is 1. The molecule has 0 unspecified atom stereocenters. The van der Waals surface area contributed by atoms with Gasteiger partial charge >= 0.3 is 5.97 Å². The van der Waals surface area contributed by atoms with Crippen LogP contribution < -0.4 is 10.4 Å². The lowest BCUT2D eigenvalue weighted by Crippen LogP contribution is -2.36. The number of hydrogen-bond donors (Lipinski definition) is 1. The molecule has 0 bridgehead atoms. The van der Waals surface area contributed by atoms with Crippen molar-refractivity contribution >= 4 is 23.5 Å². The van der Waals surface area contributed by atoms with Gasteiger partial charge in [0.05, 0.1) is 23.9 Å². The van der Waals surface area contributed by atoms with Crippen molar-refractivity contribution in [2.45, 2.75) is 39.2 Å². The maximum absolute atomic E-state index is 12.6. The third kappa shape index (κ3) is 4.92. The average Bonchev–Trinajstić information content (AvgIpc) is 2.61. The SMILES string of the molecule is CC[C@H](C)OC(=O)[C@@H]1CC=CC[C@H]1C(=O)Nc1cccc(C(=O)[O-])c1. The average molecular weight is 344 g/mol. The van der Waals surface area contributed by atoms with Gasteiger partial charge in [0, 0.05) is 5.69 Å². The Bertz CT molecular complexity index is 682. The van der Waals surface area contributed by atoms with E-state index < -0.39 is 17.8 Å². The molecule has 0 saturated carbocycles. The van der Waals surface area contributed by atoms with Crippen LogP contribution in [0.2, 0.25) is 0 Å². The van der Waals surface area contributed by atoms with E-state index in [0.29, 0.717) is 24.9 Å². The fourth-order valence-corrected chi connectivity index (χ4v) is 2.69. The largest absolute Gasteiger partial charge is 0.545 e. The number of aromatic carboxylic acids is 1. The van der Waals surface area contributed by atoms with Crippen LogP contribution in [0.5, 0.6) is 0 Å². The predicted octanol–water partition coefficient (Wildman–Crippen LogP) is 1.91. The molecule has 3 atom stereocenters. The number of benzene rings is 1. The summed E-state index contributed by atoms with van der Waals surface area (Å²) >= 11 is 0. The van der Waals surface area contributed by atoms with Gasteiger partial charge in [-0.2, -0.15) is 0 Å². The molecule has 1 aromatic rings. The molecule has 0 radical (unpaired) electrons. The van der Waals surface area contributed by atoms with Crippen LogP contribution in [0, 0.1) is 11.8 Å². The molecule has 0 aromatic heterocycles. The van der Waals surface area contributed by atoms with Crippen molar-refractivity contribution in [3.05, 3.63) is 42.0 Å². The second-order valence-corrected chi connectivity index (χ2v) is 6.17. The third-order valence-corrected chi connectivity index (χ3v) is 4.33. The molecule has 6 heteroatoms. The smallest absolute Gasteiger partial charge is 0.310 e. The fourth-order valence-electron chi connectivity index (χ4n) is 2.69. The van der Waals surface area contributed by atoms with Crippen molar-refractivity contribution in [3.8, 4) is 0 Å². The van der Waals surface area contributed by atoms with Gasteiger partial charge in [-0.1, -0.05) is 31.2 Å². The summed E-state index contributed by atoms with van der Waals surface area (Å²) in [7, 11) is 0. The Morgan fingerprint density at radius 1 is 1.24 bits per heavy atom. The summed E-state index contributed by atoms with van der Waals surface area (Å²) < 4.78 is 5.38. The Morgan fingerprint density at radius 2 is 1.92 bits per heavy atom. The van der Waals surface area contributed by atoms with Crippen LogP contribution in [0.25, 0.3) is 0 Å². The Kier molecular flexibility index (Phi) is 6.33. The Balaban J connectivity index is 2.10. The number of ether oxygens (including phenoxy) is 1. The van der Waals surface area contributed by atoms with Crippen LogP contribution in [0.15, 0.2) is 36.4 Å². The topological polar surface area (TPSA) is 95.5 Å². The van der Waals surface area contributed by atoms with Crippen LogP contribution >= 0.6 is 0 Å². The van der Waals surface area contributed by atoms with Crippen molar-refractivity contribution in [3.63, 3.8) is 0 Å². The van der Waals surface area contributed by atoms with Crippen LogP contribution in [-0.4, -0.2) is 23.9 Å². The van der Waals surface area contributed by atoms with Gasteiger partial charge < -0.3 is 20.0 Å². The number of hydrogen-bond acceptors (Lipinski definition) is 5. The normalized spacial score (nSPS) is 20.6. The van der Waals surface area contributed by atoms with Gasteiger partial charge in [-0.05, 0) is 43.9 Å². The van der Waals surface area contributed by atoms with Gasteiger partial charge in [-0.3, -0.25) is 9.59 Å². The van der Waals surface area contributed by atoms with Crippen LogP contribution in [0.4, 0.5) is 5.69 Å². The minimum atomic E-state index is -1.31. The summed E-state index contributed by atoms with van der Waals surface area (Å²) in [4.78, 5) is 35.9. The molecule has 0 saturated heterocycles. The maximum Gasteiger partial charge on any atom is 0.310 e. The molecular weight excluding hydrogens is 322 g/mol. The minimum Gasteiger partial charge on any atom is -0.545 e. The predicted molar refractivity (Wildman–Crippen MR) is 90.6 cm³/mol. The number of allylic oxidation sites excluding steroid dienone is 2. The highest BCUT2D eigenvalue weighted by molar-refractivity contribution is 5.97. The lowest BCUT2D eigenvalue weighted by molar-refractivity contribution is -0.255. The molecule has 0 fully saturated rings. The third-order valence-electron chi connectivity index (χ3n) is 4.33. The molecule has 0 spiro atoms. The number of carboxylic acids is 1. The Hall–Kier alpha value is -2.63. The van der Waals surface area contributed by atoms with Crippen molar-refractivity contribution < 1.29 is 24.2 Å². The van der Waals surface area contributed by atoms with E-state index in [4.69, 9.17) is 4.74 Å². The maximum atomic E-state index is 12.6. The van der Waals surface area contributed by atoms with Crippen molar-refractivity contribution in [1.82, 2.24) is 0 Å². The minimum absolute atomic E-state index is 0.0194. The Labute approximate surface area is 146 Å². The number of carboxylic acid groups (broad SMARTS) is 1. The standard InChI is InChI=1S/C19H23NO5/c1-3-12(2)25-19(24)16-10-5-4-9-15(16)17(21)20-14-8-6-7-13(11-14)18(22)23/h4-8,11-12,15-16H,3,9-10H2,1-2H3,(H,20,21)(H,22,23)/p-1/t12-,15+,16+/m0/s1. The highest BCUT2D eigenvalue weighted by atomic mass is 16.5. The summed E-state index contributed by atoms with van der Waals surface area (Å²) in [5.41, 5.74) is 0.337. The Morgan fingerprint density at radius 3 is 2.56 bits per heavy atom. The zero-order valence-corrected chi connectivity index (χ0v) is 14.4. The first-order valence-corrected chi connectivity index (χ1v) is 8.40. The molecular formula is C19H22NO5-. The molecule has 134 valence electrons. The lowest BCUT2D eigenvalue weighted by atomic mass is 9.82. The second kappa shape index (κ2) is 8.46. The van der Waals surface area contributed by atoms with Gasteiger partial charge in [0.2, 0.25) is 5.91 Å². The summed E-state index contributed by atoms with van der Waals surface area (Å²) in [6.07, 6.45) is 5.15. The summed E-state index contributed by atoms with van der Waals surface area (Å²) in [6, 6.07) is 5.84. The lowest BCUT2D eigenvalue weighted by Gasteiger charge is -2.27. The van der Waals surface area contributed by atoms with Gasteiger partial charge in [-0.25, -0.2) is 0 Å². The van der Waals surface area contributed by atoms with E-state index in [1.165, 1.54) is 18.2 Å². The van der Waals surface area contributed by atoms with E-state index in [2.05, 4.69) is 5.32 Å². The van der Waals surface area contributed by atoms with Crippen LogP contribution in [-0.2, 0) is 14.3 Å². The summed E-state index contributed by atoms with van der Waals surface area (Å²) in [6.45, 7) is 3.74. The van der Waals surface area contributed by atoms with Crippen molar-refractivity contribution in [1.29, 1.82) is 0 Å². The van der Waals surface area contributed by atoms with E-state index in [9.17, 15) is 19.5 Å². The van der Waals surface area contributed by atoms with Crippen molar-refractivity contribution in [2.24, 2.45) is 11.8 Å². The first kappa shape index (κ1) is 18.7. The van der Waals surface area contributed by atoms with Gasteiger partial charge in [0.15, 0.2) is 0 Å². The molecule has 1 amide bonds. The first-order valence-electron chi connectivity index (χ1n) is 8.40. The number of rotatable bonds is 6. The molecule has 1 aromatic carbocycles. The van der Waals surface area contributed by atoms with Gasteiger partial charge in [0.1, 0.15) is 0 Å². The number of carbonyl (C=O) groups is 3. The molecule has 1 aliphatic rings. The molecule has 0 heterocycles. The zero-order chi connectivity index (χ0) is 18.4. The van der Waals surface area contributed by atoms with E-state index >= 15 is 0 Å². The van der Waals surface area contributed by atoms with Crippen molar-refractivity contribution in [2.75, 3.05) is 5.32 Å². The zero-order valence-electron chi connectivity index (χ0n) is 14.4. The van der Waals surface area contributed by atoms with E-state index in [-0.39, 0.29) is 23.5 Å². The summed E-state index contributed by atoms with van der Waals surface area (Å²) in [5, 5.41) is 13.6. The fraction of sp³-hybridized carbons (Fsp3) is 0.421. The first-order chi connectivity index (χ1) is 11.9. The number of esters is 1. The summed E-state index contributed by atoms with van der Waals surface area (Å²) in [5.74, 6) is -3.10. The van der Waals surface area contributed by atoms with E-state index in [1.807, 2.05) is 26.0 Å². The van der Waals surface area contributed by atoms with Crippen LogP contribution in [0.3, 0.4) is 0 Å². The highest BCUT2D eigenvalue weighted by Gasteiger charge is 2.35. The number of carbonyl (C=O) groups excluding carboxylic acids is 3. The van der Waals surface area contributed by atoms with Gasteiger partial charge in [-0.15, -0.1) is 0 Å². The van der Waals surface area contributed by atoms with Gasteiger partial charge in [0.25, 0.3) is 0 Å². The molecule has 1 aliphatic carbocycles. The molecule has 25 heavy (non-hydrogen) atoms.